The van der Waals surface area contributed by atoms with Gasteiger partial charge in [-0.2, -0.15) is 0 Å². The molecule has 1 unspecified atom stereocenters. The zero-order valence-corrected chi connectivity index (χ0v) is 13.5. The first kappa shape index (κ1) is 16.2. The average molecular weight is 317 g/mol. The molecule has 0 spiro atoms. The van der Waals surface area contributed by atoms with Crippen LogP contribution in [0.5, 0.6) is 0 Å². The number of amides is 1. The fourth-order valence-corrected chi connectivity index (χ4v) is 3.80. The minimum atomic E-state index is -3.47. The van der Waals surface area contributed by atoms with Crippen molar-refractivity contribution in [1.82, 2.24) is 0 Å². The second-order valence-corrected chi connectivity index (χ2v) is 7.26. The molecule has 5 heteroatoms. The number of benzene rings is 2. The van der Waals surface area contributed by atoms with Crippen LogP contribution in [-0.2, 0) is 14.6 Å². The number of hydrogen-bond donors (Lipinski definition) is 0. The maximum absolute atomic E-state index is 12.4. The fraction of sp³-hybridized carbons (Fsp3) is 0.235. The van der Waals surface area contributed by atoms with E-state index in [1.165, 1.54) is 4.90 Å². The number of carbonyl (C=O) groups is 1. The van der Waals surface area contributed by atoms with Gasteiger partial charge < -0.3 is 4.90 Å². The molecule has 116 valence electrons. The first-order valence-corrected chi connectivity index (χ1v) is 8.67. The normalized spacial score (nSPS) is 12.6. The second kappa shape index (κ2) is 6.75. The van der Waals surface area contributed by atoms with Gasteiger partial charge in [-0.25, -0.2) is 8.42 Å². The standard InChI is InChI=1S/C17H19NO3S/c1-14(13-22(20,21)16-11-7-4-8-12-16)17(19)18(2)15-9-5-3-6-10-15/h3-12,14H,13H2,1-2H3. The van der Waals surface area contributed by atoms with Crippen molar-refractivity contribution >= 4 is 21.4 Å². The average Bonchev–Trinajstić information content (AvgIpc) is 2.54. The Kier molecular flexibility index (Phi) is 4.98. The lowest BCUT2D eigenvalue weighted by atomic mass is 10.2. The van der Waals surface area contributed by atoms with Crippen LogP contribution in [0.4, 0.5) is 5.69 Å². The lowest BCUT2D eigenvalue weighted by Crippen LogP contribution is -2.34. The number of para-hydroxylation sites is 1. The Balaban J connectivity index is 2.12. The molecule has 0 heterocycles. The Labute approximate surface area is 131 Å². The number of sulfone groups is 1. The Morgan fingerprint density at radius 2 is 1.50 bits per heavy atom. The zero-order valence-electron chi connectivity index (χ0n) is 12.6. The maximum atomic E-state index is 12.4. The van der Waals surface area contributed by atoms with E-state index < -0.39 is 15.8 Å². The van der Waals surface area contributed by atoms with Crippen molar-refractivity contribution in [3.63, 3.8) is 0 Å². The van der Waals surface area contributed by atoms with Crippen LogP contribution < -0.4 is 4.90 Å². The lowest BCUT2D eigenvalue weighted by molar-refractivity contribution is -0.121. The molecule has 0 aromatic heterocycles. The molecule has 0 saturated carbocycles. The molecule has 22 heavy (non-hydrogen) atoms. The van der Waals surface area contributed by atoms with Gasteiger partial charge in [0.05, 0.1) is 10.6 Å². The minimum absolute atomic E-state index is 0.201. The predicted octanol–water partition coefficient (Wildman–Crippen LogP) is 2.76. The first-order chi connectivity index (χ1) is 10.4. The third-order valence-electron chi connectivity index (χ3n) is 3.47. The predicted molar refractivity (Wildman–Crippen MR) is 87.5 cm³/mol. The maximum Gasteiger partial charge on any atom is 0.230 e. The first-order valence-electron chi connectivity index (χ1n) is 7.02. The highest BCUT2D eigenvalue weighted by atomic mass is 32.2. The van der Waals surface area contributed by atoms with Gasteiger partial charge in [-0.05, 0) is 24.3 Å². The molecule has 0 saturated heterocycles. The van der Waals surface area contributed by atoms with Gasteiger partial charge in [0.15, 0.2) is 9.84 Å². The molecule has 0 radical (unpaired) electrons. The van der Waals surface area contributed by atoms with E-state index in [1.54, 1.807) is 44.3 Å². The van der Waals surface area contributed by atoms with Crippen molar-refractivity contribution in [2.75, 3.05) is 17.7 Å². The molecule has 0 aliphatic rings. The smallest absolute Gasteiger partial charge is 0.230 e. The summed E-state index contributed by atoms with van der Waals surface area (Å²) in [5, 5.41) is 0. The summed E-state index contributed by atoms with van der Waals surface area (Å²) in [6, 6.07) is 17.4. The molecule has 2 aromatic rings. The summed E-state index contributed by atoms with van der Waals surface area (Å²) < 4.78 is 24.7. The van der Waals surface area contributed by atoms with Crippen LogP contribution in [0.25, 0.3) is 0 Å². The van der Waals surface area contributed by atoms with E-state index in [0.29, 0.717) is 0 Å². The summed E-state index contributed by atoms with van der Waals surface area (Å²) in [5.41, 5.74) is 0.747. The van der Waals surface area contributed by atoms with Gasteiger partial charge in [0.1, 0.15) is 0 Å². The molecule has 0 aliphatic carbocycles. The van der Waals surface area contributed by atoms with Gasteiger partial charge in [0.2, 0.25) is 5.91 Å². The number of anilines is 1. The molecule has 0 N–H and O–H groups in total. The molecular weight excluding hydrogens is 298 g/mol. The van der Waals surface area contributed by atoms with Gasteiger partial charge in [-0.1, -0.05) is 43.3 Å². The van der Waals surface area contributed by atoms with Crippen LogP contribution in [-0.4, -0.2) is 27.1 Å². The number of nitrogens with zero attached hydrogens (tertiary/aromatic N) is 1. The minimum Gasteiger partial charge on any atom is -0.315 e. The Morgan fingerprint density at radius 3 is 2.05 bits per heavy atom. The van der Waals surface area contributed by atoms with Crippen LogP contribution in [0.3, 0.4) is 0 Å². The van der Waals surface area contributed by atoms with Gasteiger partial charge >= 0.3 is 0 Å². The highest BCUT2D eigenvalue weighted by molar-refractivity contribution is 7.91. The Hall–Kier alpha value is -2.14. The molecule has 4 nitrogen and oxygen atoms in total. The number of hydrogen-bond acceptors (Lipinski definition) is 3. The summed E-state index contributed by atoms with van der Waals surface area (Å²) in [6.45, 7) is 1.64. The van der Waals surface area contributed by atoms with E-state index in [2.05, 4.69) is 0 Å². The van der Waals surface area contributed by atoms with Gasteiger partial charge in [-0.15, -0.1) is 0 Å². The van der Waals surface area contributed by atoms with Gasteiger partial charge in [0, 0.05) is 18.7 Å². The van der Waals surface area contributed by atoms with Crippen molar-refractivity contribution < 1.29 is 13.2 Å². The fourth-order valence-electron chi connectivity index (χ4n) is 2.23. The summed E-state index contributed by atoms with van der Waals surface area (Å²) in [7, 11) is -1.81. The van der Waals surface area contributed by atoms with E-state index in [1.807, 2.05) is 30.3 Å². The molecule has 1 amide bonds. The van der Waals surface area contributed by atoms with Crippen molar-refractivity contribution in [2.24, 2.45) is 5.92 Å². The molecule has 0 bridgehead atoms. The van der Waals surface area contributed by atoms with E-state index in [-0.39, 0.29) is 16.6 Å². The SMILES string of the molecule is CC(CS(=O)(=O)c1ccccc1)C(=O)N(C)c1ccccc1. The Bertz CT molecular complexity index is 727. The van der Waals surface area contributed by atoms with E-state index in [4.69, 9.17) is 0 Å². The van der Waals surface area contributed by atoms with E-state index >= 15 is 0 Å². The second-order valence-electron chi connectivity index (χ2n) is 5.23. The van der Waals surface area contributed by atoms with Gasteiger partial charge in [0.25, 0.3) is 0 Å². The molecule has 2 aromatic carbocycles. The monoisotopic (exact) mass is 317 g/mol. The largest absolute Gasteiger partial charge is 0.315 e. The van der Waals surface area contributed by atoms with E-state index in [0.717, 1.165) is 5.69 Å². The molecule has 0 fully saturated rings. The van der Waals surface area contributed by atoms with Crippen molar-refractivity contribution in [3.05, 3.63) is 60.7 Å². The zero-order chi connectivity index (χ0) is 16.2. The highest BCUT2D eigenvalue weighted by Crippen LogP contribution is 2.18. The molecule has 2 rings (SSSR count). The summed E-state index contributed by atoms with van der Waals surface area (Å²) >= 11 is 0. The summed E-state index contributed by atoms with van der Waals surface area (Å²) in [4.78, 5) is 14.2. The third-order valence-corrected chi connectivity index (χ3v) is 5.40. The lowest BCUT2D eigenvalue weighted by Gasteiger charge is -2.21. The molecule has 0 aliphatic heterocycles. The Morgan fingerprint density at radius 1 is 1.00 bits per heavy atom. The van der Waals surface area contributed by atoms with Gasteiger partial charge in [-0.3, -0.25) is 4.79 Å². The topological polar surface area (TPSA) is 54.5 Å². The molecule has 1 atom stereocenters. The van der Waals surface area contributed by atoms with Crippen LogP contribution in [0, 0.1) is 5.92 Å². The molecular formula is C17H19NO3S. The highest BCUT2D eigenvalue weighted by Gasteiger charge is 2.25. The van der Waals surface area contributed by atoms with Crippen LogP contribution in [0.1, 0.15) is 6.92 Å². The van der Waals surface area contributed by atoms with E-state index in [9.17, 15) is 13.2 Å². The quantitative estimate of drug-likeness (QED) is 0.852. The number of carbonyl (C=O) groups excluding carboxylic acids is 1. The van der Waals surface area contributed by atoms with Crippen molar-refractivity contribution in [1.29, 1.82) is 0 Å². The van der Waals surface area contributed by atoms with Crippen molar-refractivity contribution in [3.8, 4) is 0 Å². The summed E-state index contributed by atoms with van der Waals surface area (Å²) in [5.74, 6) is -1.03. The number of rotatable bonds is 5. The van der Waals surface area contributed by atoms with Crippen molar-refractivity contribution in [2.45, 2.75) is 11.8 Å². The third kappa shape index (κ3) is 3.74. The summed E-state index contributed by atoms with van der Waals surface area (Å²) in [6.07, 6.45) is 0. The van der Waals surface area contributed by atoms with Crippen LogP contribution in [0.2, 0.25) is 0 Å². The van der Waals surface area contributed by atoms with Crippen LogP contribution >= 0.6 is 0 Å². The van der Waals surface area contributed by atoms with Crippen LogP contribution in [0.15, 0.2) is 65.6 Å².